The van der Waals surface area contributed by atoms with E-state index in [9.17, 15) is 0 Å². The van der Waals surface area contributed by atoms with Crippen molar-refractivity contribution in [3.05, 3.63) is 163 Å². The van der Waals surface area contributed by atoms with E-state index < -0.39 is 0 Å². The van der Waals surface area contributed by atoms with Crippen molar-refractivity contribution in [2.45, 2.75) is 0 Å². The highest BCUT2D eigenvalue weighted by molar-refractivity contribution is 6.17. The second-order valence-electron chi connectivity index (χ2n) is 12.0. The summed E-state index contributed by atoms with van der Waals surface area (Å²) in [7, 11) is 0. The predicted octanol–water partition coefficient (Wildman–Crippen LogP) is 12.0. The average molecular weight is 600 g/mol. The van der Waals surface area contributed by atoms with E-state index in [2.05, 4.69) is 141 Å². The minimum absolute atomic E-state index is 0.606. The first kappa shape index (κ1) is 25.7. The lowest BCUT2D eigenvalue weighted by molar-refractivity contribution is 0.669. The molecule has 47 heavy (non-hydrogen) atoms. The van der Waals surface area contributed by atoms with Crippen LogP contribution in [0.15, 0.2) is 156 Å². The fourth-order valence-electron chi connectivity index (χ4n) is 7.53. The number of fused-ring (bicyclic) bond motifs is 9. The summed E-state index contributed by atoms with van der Waals surface area (Å²) in [4.78, 5) is 3.86. The third-order valence-electron chi connectivity index (χ3n) is 9.54. The highest BCUT2D eigenvalue weighted by Gasteiger charge is 2.21. The Labute approximate surface area is 269 Å². The number of rotatable bonds is 3. The van der Waals surface area contributed by atoms with Crippen molar-refractivity contribution in [2.24, 2.45) is 0 Å². The van der Waals surface area contributed by atoms with Gasteiger partial charge in [-0.15, -0.1) is 0 Å². The summed E-state index contributed by atoms with van der Waals surface area (Å²) in [6.07, 6.45) is 0. The van der Waals surface area contributed by atoms with Crippen molar-refractivity contribution in [1.29, 1.82) is 0 Å². The lowest BCUT2D eigenvalue weighted by Crippen LogP contribution is -2.01. The van der Waals surface area contributed by atoms with Crippen LogP contribution >= 0.6 is 0 Å². The summed E-state index contributed by atoms with van der Waals surface area (Å²) in [5.41, 5.74) is 11.0. The molecule has 4 heteroatoms. The third kappa shape index (κ3) is 3.63. The molecule has 0 aliphatic heterocycles. The van der Waals surface area contributed by atoms with Gasteiger partial charge in [0.2, 0.25) is 0 Å². The molecular formula is C43H25N3O. The fourth-order valence-corrected chi connectivity index (χ4v) is 7.53. The van der Waals surface area contributed by atoms with Gasteiger partial charge in [-0.25, -0.2) is 4.85 Å². The van der Waals surface area contributed by atoms with Crippen molar-refractivity contribution in [1.82, 2.24) is 9.13 Å². The molecule has 3 aromatic heterocycles. The molecule has 0 amide bonds. The molecule has 218 valence electrons. The Balaban J connectivity index is 1.32. The SMILES string of the molecule is [C-]#[N+]c1ccc(-c2ccccc2-n2c3ccccc3c3cc4oc5ccccc5c4cc32)c(-n2c3ccccc3c3ccccc32)c1. The van der Waals surface area contributed by atoms with Gasteiger partial charge in [0.05, 0.1) is 34.3 Å². The van der Waals surface area contributed by atoms with Gasteiger partial charge in [0.15, 0.2) is 5.69 Å². The van der Waals surface area contributed by atoms with Crippen LogP contribution in [-0.4, -0.2) is 9.13 Å². The molecule has 0 aliphatic rings. The molecule has 0 aliphatic carbocycles. The quantitative estimate of drug-likeness (QED) is 0.186. The number of nitrogens with zero attached hydrogens (tertiary/aromatic N) is 3. The van der Waals surface area contributed by atoms with Crippen LogP contribution in [0.3, 0.4) is 0 Å². The predicted molar refractivity (Wildman–Crippen MR) is 194 cm³/mol. The number of aromatic nitrogens is 2. The Morgan fingerprint density at radius 3 is 1.66 bits per heavy atom. The molecule has 3 heterocycles. The van der Waals surface area contributed by atoms with Crippen molar-refractivity contribution in [3.63, 3.8) is 0 Å². The molecule has 0 fully saturated rings. The Kier molecular flexibility index (Phi) is 5.32. The van der Waals surface area contributed by atoms with Crippen LogP contribution < -0.4 is 0 Å². The number of hydrogen-bond donors (Lipinski definition) is 0. The molecule has 0 spiro atoms. The zero-order valence-corrected chi connectivity index (χ0v) is 25.2. The van der Waals surface area contributed by atoms with E-state index in [4.69, 9.17) is 11.0 Å². The highest BCUT2D eigenvalue weighted by atomic mass is 16.3. The molecule has 0 saturated carbocycles. The molecule has 0 atom stereocenters. The van der Waals surface area contributed by atoms with Crippen LogP contribution in [0.25, 0.3) is 92.9 Å². The van der Waals surface area contributed by atoms with Crippen LogP contribution in [0.4, 0.5) is 5.69 Å². The Hall–Kier alpha value is -6.57. The zero-order chi connectivity index (χ0) is 31.1. The molecule has 10 rings (SSSR count). The molecule has 0 bridgehead atoms. The number of hydrogen-bond acceptors (Lipinski definition) is 1. The van der Waals surface area contributed by atoms with E-state index in [0.29, 0.717) is 5.69 Å². The maximum Gasteiger partial charge on any atom is 0.189 e. The van der Waals surface area contributed by atoms with Gasteiger partial charge >= 0.3 is 0 Å². The first-order chi connectivity index (χ1) is 23.3. The van der Waals surface area contributed by atoms with E-state index >= 15 is 0 Å². The number of benzene rings is 7. The molecule has 0 radical (unpaired) electrons. The van der Waals surface area contributed by atoms with Crippen molar-refractivity contribution in [3.8, 4) is 22.5 Å². The second-order valence-corrected chi connectivity index (χ2v) is 12.0. The standard InChI is InChI=1S/C43H25N3O/c1-44-27-22-23-32(40(24-27)45-36-17-7-2-12-28(36)29-13-3-8-18-37(29)45)30-14-4-9-19-38(30)46-39-20-10-5-15-31(39)34-26-43-35(25-41(34)46)33-16-6-11-21-42(33)47-43/h2-26H. The molecule has 0 saturated heterocycles. The normalized spacial score (nSPS) is 11.8. The van der Waals surface area contributed by atoms with Crippen molar-refractivity contribution >= 4 is 71.2 Å². The van der Waals surface area contributed by atoms with Crippen LogP contribution in [0.5, 0.6) is 0 Å². The largest absolute Gasteiger partial charge is 0.456 e. The summed E-state index contributed by atoms with van der Waals surface area (Å²) >= 11 is 0. The topological polar surface area (TPSA) is 27.4 Å². The maximum absolute atomic E-state index is 7.92. The van der Waals surface area contributed by atoms with Gasteiger partial charge in [0, 0.05) is 49.1 Å². The summed E-state index contributed by atoms with van der Waals surface area (Å²) in [5, 5.41) is 6.90. The Morgan fingerprint density at radius 1 is 0.404 bits per heavy atom. The van der Waals surface area contributed by atoms with Crippen LogP contribution in [0, 0.1) is 6.57 Å². The lowest BCUT2D eigenvalue weighted by Gasteiger charge is -2.19. The van der Waals surface area contributed by atoms with Crippen LogP contribution in [0.2, 0.25) is 0 Å². The Bertz CT molecular complexity index is 2880. The summed E-state index contributed by atoms with van der Waals surface area (Å²) < 4.78 is 11.0. The highest BCUT2D eigenvalue weighted by Crippen LogP contribution is 2.43. The molecule has 0 unspecified atom stereocenters. The van der Waals surface area contributed by atoms with E-state index in [1.165, 1.54) is 16.2 Å². The van der Waals surface area contributed by atoms with Gasteiger partial charge in [-0.05, 0) is 48.5 Å². The molecule has 0 N–H and O–H groups in total. The summed E-state index contributed by atoms with van der Waals surface area (Å²) in [6.45, 7) is 7.92. The molecule has 10 aromatic rings. The molecule has 4 nitrogen and oxygen atoms in total. The van der Waals surface area contributed by atoms with E-state index in [0.717, 1.165) is 71.9 Å². The minimum atomic E-state index is 0.606. The van der Waals surface area contributed by atoms with Gasteiger partial charge < -0.3 is 13.6 Å². The van der Waals surface area contributed by atoms with Crippen molar-refractivity contribution in [2.75, 3.05) is 0 Å². The smallest absolute Gasteiger partial charge is 0.189 e. The third-order valence-corrected chi connectivity index (χ3v) is 9.54. The molecule has 7 aromatic carbocycles. The lowest BCUT2D eigenvalue weighted by atomic mass is 10.00. The Morgan fingerprint density at radius 2 is 0.957 bits per heavy atom. The van der Waals surface area contributed by atoms with E-state index in [1.54, 1.807) is 0 Å². The first-order valence-corrected chi connectivity index (χ1v) is 15.7. The van der Waals surface area contributed by atoms with Gasteiger partial charge in [0.1, 0.15) is 11.2 Å². The number of furan rings is 1. The monoisotopic (exact) mass is 599 g/mol. The zero-order valence-electron chi connectivity index (χ0n) is 25.2. The summed E-state index contributed by atoms with van der Waals surface area (Å²) in [5.74, 6) is 0. The van der Waals surface area contributed by atoms with Crippen LogP contribution in [-0.2, 0) is 0 Å². The van der Waals surface area contributed by atoms with Gasteiger partial charge in [-0.3, -0.25) is 0 Å². The van der Waals surface area contributed by atoms with E-state index in [1.807, 2.05) is 24.3 Å². The van der Waals surface area contributed by atoms with Gasteiger partial charge in [0.25, 0.3) is 0 Å². The minimum Gasteiger partial charge on any atom is -0.456 e. The van der Waals surface area contributed by atoms with Gasteiger partial charge in [-0.2, -0.15) is 0 Å². The van der Waals surface area contributed by atoms with Gasteiger partial charge in [-0.1, -0.05) is 103 Å². The molecular weight excluding hydrogens is 574 g/mol. The number of para-hydroxylation sites is 5. The average Bonchev–Trinajstić information content (AvgIpc) is 3.77. The van der Waals surface area contributed by atoms with Crippen molar-refractivity contribution < 1.29 is 4.42 Å². The second kappa shape index (κ2) is 9.71. The summed E-state index contributed by atoms with van der Waals surface area (Å²) in [6, 6.07) is 53.1. The van der Waals surface area contributed by atoms with Crippen LogP contribution in [0.1, 0.15) is 0 Å². The fraction of sp³-hybridized carbons (Fsp3) is 0. The maximum atomic E-state index is 7.92. The van der Waals surface area contributed by atoms with E-state index in [-0.39, 0.29) is 0 Å². The first-order valence-electron chi connectivity index (χ1n) is 15.7.